The molecule has 0 aliphatic carbocycles. The van der Waals surface area contributed by atoms with Gasteiger partial charge in [-0.25, -0.2) is 0 Å². The van der Waals surface area contributed by atoms with Gasteiger partial charge >= 0.3 is 5.97 Å². The number of benzene rings is 2. The summed E-state index contributed by atoms with van der Waals surface area (Å²) < 4.78 is 5.82. The molecule has 5 nitrogen and oxygen atoms in total. The standard InChI is InChI=1S/C19H18BrNO4S/c1-13-3-2-4-16(9-13)21-18(23)11-26-12-19(24)25-10-17(22)14-5-7-15(20)8-6-14/h2-9H,10-12H2,1H3,(H,21,23). The van der Waals surface area contributed by atoms with Crippen LogP contribution in [0.25, 0.3) is 0 Å². The second kappa shape index (κ2) is 10.1. The quantitative estimate of drug-likeness (QED) is 0.503. The van der Waals surface area contributed by atoms with Gasteiger partial charge in [-0.15, -0.1) is 11.8 Å². The van der Waals surface area contributed by atoms with Crippen LogP contribution in [-0.2, 0) is 14.3 Å². The molecule has 136 valence electrons. The molecule has 0 aliphatic heterocycles. The number of nitrogens with one attached hydrogen (secondary N) is 1. The van der Waals surface area contributed by atoms with Gasteiger partial charge in [-0.1, -0.05) is 40.2 Å². The van der Waals surface area contributed by atoms with Crippen molar-refractivity contribution in [3.05, 3.63) is 64.1 Å². The molecule has 0 spiro atoms. The number of hydrogen-bond acceptors (Lipinski definition) is 5. The summed E-state index contributed by atoms with van der Waals surface area (Å²) in [6.07, 6.45) is 0. The van der Waals surface area contributed by atoms with E-state index in [-0.39, 0.29) is 29.8 Å². The highest BCUT2D eigenvalue weighted by Gasteiger charge is 2.11. The van der Waals surface area contributed by atoms with Crippen LogP contribution in [0.15, 0.2) is 53.0 Å². The van der Waals surface area contributed by atoms with Gasteiger partial charge < -0.3 is 10.1 Å². The van der Waals surface area contributed by atoms with E-state index in [9.17, 15) is 14.4 Å². The third-order valence-electron chi connectivity index (χ3n) is 3.29. The van der Waals surface area contributed by atoms with E-state index < -0.39 is 5.97 Å². The number of Topliss-reactive ketones (excluding diaryl/α,β-unsaturated/α-hetero) is 1. The highest BCUT2D eigenvalue weighted by molar-refractivity contribution is 9.10. The molecular formula is C19H18BrNO4S. The van der Waals surface area contributed by atoms with Crippen molar-refractivity contribution in [3.63, 3.8) is 0 Å². The van der Waals surface area contributed by atoms with Gasteiger partial charge in [0.2, 0.25) is 5.91 Å². The number of amides is 1. The Morgan fingerprint density at radius 3 is 2.50 bits per heavy atom. The molecular weight excluding hydrogens is 418 g/mol. The van der Waals surface area contributed by atoms with Crippen LogP contribution in [0.1, 0.15) is 15.9 Å². The molecule has 0 aromatic heterocycles. The molecule has 0 atom stereocenters. The van der Waals surface area contributed by atoms with Gasteiger partial charge in [0.1, 0.15) is 0 Å². The Morgan fingerprint density at radius 1 is 1.08 bits per heavy atom. The van der Waals surface area contributed by atoms with Crippen LogP contribution in [0.2, 0.25) is 0 Å². The highest BCUT2D eigenvalue weighted by Crippen LogP contribution is 2.12. The number of thioether (sulfide) groups is 1. The average molecular weight is 436 g/mol. The summed E-state index contributed by atoms with van der Waals surface area (Å²) in [5, 5.41) is 2.76. The zero-order valence-electron chi connectivity index (χ0n) is 14.2. The normalized spacial score (nSPS) is 10.2. The number of hydrogen-bond donors (Lipinski definition) is 1. The number of ketones is 1. The third-order valence-corrected chi connectivity index (χ3v) is 4.72. The lowest BCUT2D eigenvalue weighted by molar-refractivity contribution is -0.139. The molecule has 0 saturated heterocycles. The molecule has 0 unspecified atom stereocenters. The van der Waals surface area contributed by atoms with Gasteiger partial charge in [0.25, 0.3) is 0 Å². The number of carbonyl (C=O) groups excluding carboxylic acids is 3. The summed E-state index contributed by atoms with van der Waals surface area (Å²) in [7, 11) is 0. The van der Waals surface area contributed by atoms with Gasteiger partial charge in [-0.3, -0.25) is 14.4 Å². The van der Waals surface area contributed by atoms with E-state index in [4.69, 9.17) is 4.74 Å². The Bertz CT molecular complexity index is 792. The van der Waals surface area contributed by atoms with Crippen LogP contribution in [0, 0.1) is 6.92 Å². The molecule has 0 fully saturated rings. The van der Waals surface area contributed by atoms with Crippen molar-refractivity contribution in [2.24, 2.45) is 0 Å². The van der Waals surface area contributed by atoms with Crippen molar-refractivity contribution in [2.45, 2.75) is 6.92 Å². The Hall–Kier alpha value is -2.12. The van der Waals surface area contributed by atoms with Crippen molar-refractivity contribution in [1.29, 1.82) is 0 Å². The van der Waals surface area contributed by atoms with Crippen LogP contribution < -0.4 is 5.32 Å². The summed E-state index contributed by atoms with van der Waals surface area (Å²) in [6.45, 7) is 1.63. The minimum Gasteiger partial charge on any atom is -0.457 e. The van der Waals surface area contributed by atoms with Crippen LogP contribution in [-0.4, -0.2) is 35.8 Å². The molecule has 0 radical (unpaired) electrons. The molecule has 2 aromatic rings. The summed E-state index contributed by atoms with van der Waals surface area (Å²) in [4.78, 5) is 35.4. The Kier molecular flexibility index (Phi) is 7.87. The van der Waals surface area contributed by atoms with E-state index in [2.05, 4.69) is 21.2 Å². The number of anilines is 1. The smallest absolute Gasteiger partial charge is 0.316 e. The van der Waals surface area contributed by atoms with E-state index in [0.29, 0.717) is 5.56 Å². The number of rotatable bonds is 8. The maximum atomic E-state index is 11.9. The zero-order chi connectivity index (χ0) is 18.9. The predicted octanol–water partition coefficient (Wildman–Crippen LogP) is 3.86. The van der Waals surface area contributed by atoms with Crippen molar-refractivity contribution in [1.82, 2.24) is 0 Å². The first-order chi connectivity index (χ1) is 12.4. The molecule has 1 N–H and O–H groups in total. The van der Waals surface area contributed by atoms with E-state index in [1.807, 2.05) is 25.1 Å². The second-order valence-corrected chi connectivity index (χ2v) is 7.40. The first kappa shape index (κ1) is 20.2. The van der Waals surface area contributed by atoms with Crippen LogP contribution in [0.4, 0.5) is 5.69 Å². The highest BCUT2D eigenvalue weighted by atomic mass is 79.9. The third kappa shape index (κ3) is 7.01. The van der Waals surface area contributed by atoms with Crippen molar-refractivity contribution in [3.8, 4) is 0 Å². The summed E-state index contributed by atoms with van der Waals surface area (Å²) in [5.74, 6) is -0.852. The first-order valence-corrected chi connectivity index (χ1v) is 9.77. The molecule has 2 aromatic carbocycles. The lowest BCUT2D eigenvalue weighted by Crippen LogP contribution is -2.18. The Labute approximate surface area is 164 Å². The van der Waals surface area contributed by atoms with Gasteiger partial charge in [-0.2, -0.15) is 0 Å². The number of carbonyl (C=O) groups is 3. The minimum absolute atomic E-state index is 0.00879. The maximum Gasteiger partial charge on any atom is 0.316 e. The molecule has 1 amide bonds. The number of aryl methyl sites for hydroxylation is 1. The molecule has 0 aliphatic rings. The molecule has 2 rings (SSSR count). The van der Waals surface area contributed by atoms with Gasteiger partial charge in [-0.05, 0) is 36.8 Å². The van der Waals surface area contributed by atoms with Crippen LogP contribution >= 0.6 is 27.7 Å². The first-order valence-electron chi connectivity index (χ1n) is 7.82. The Morgan fingerprint density at radius 2 is 1.81 bits per heavy atom. The van der Waals surface area contributed by atoms with E-state index >= 15 is 0 Å². The van der Waals surface area contributed by atoms with E-state index in [0.717, 1.165) is 27.5 Å². The summed E-state index contributed by atoms with van der Waals surface area (Å²) in [5.41, 5.74) is 2.25. The largest absolute Gasteiger partial charge is 0.457 e. The predicted molar refractivity (Wildman–Crippen MR) is 107 cm³/mol. The number of esters is 1. The van der Waals surface area contributed by atoms with Crippen molar-refractivity contribution < 1.29 is 19.1 Å². The monoisotopic (exact) mass is 435 g/mol. The van der Waals surface area contributed by atoms with Crippen LogP contribution in [0.5, 0.6) is 0 Å². The number of ether oxygens (including phenoxy) is 1. The number of halogens is 1. The van der Waals surface area contributed by atoms with Crippen molar-refractivity contribution >= 4 is 51.0 Å². The fraction of sp³-hybridized carbons (Fsp3) is 0.211. The van der Waals surface area contributed by atoms with Gasteiger partial charge in [0, 0.05) is 15.7 Å². The molecule has 0 heterocycles. The van der Waals surface area contributed by atoms with Gasteiger partial charge in [0.15, 0.2) is 12.4 Å². The second-order valence-electron chi connectivity index (χ2n) is 5.50. The van der Waals surface area contributed by atoms with E-state index in [1.54, 1.807) is 30.3 Å². The summed E-state index contributed by atoms with van der Waals surface area (Å²) in [6, 6.07) is 14.3. The lowest BCUT2D eigenvalue weighted by atomic mass is 10.1. The minimum atomic E-state index is -0.524. The fourth-order valence-electron chi connectivity index (χ4n) is 2.05. The van der Waals surface area contributed by atoms with Crippen LogP contribution in [0.3, 0.4) is 0 Å². The summed E-state index contributed by atoms with van der Waals surface area (Å²) >= 11 is 4.43. The average Bonchev–Trinajstić information content (AvgIpc) is 2.60. The van der Waals surface area contributed by atoms with E-state index in [1.165, 1.54) is 0 Å². The Balaban J connectivity index is 1.66. The molecule has 7 heteroatoms. The molecule has 0 bridgehead atoms. The SMILES string of the molecule is Cc1cccc(NC(=O)CSCC(=O)OCC(=O)c2ccc(Br)cc2)c1. The molecule has 0 saturated carbocycles. The lowest BCUT2D eigenvalue weighted by Gasteiger charge is -2.06. The fourth-order valence-corrected chi connectivity index (χ4v) is 2.93. The maximum absolute atomic E-state index is 11.9. The molecule has 26 heavy (non-hydrogen) atoms. The van der Waals surface area contributed by atoms with Gasteiger partial charge in [0.05, 0.1) is 11.5 Å². The zero-order valence-corrected chi connectivity index (χ0v) is 16.6. The van der Waals surface area contributed by atoms with Crippen molar-refractivity contribution in [2.75, 3.05) is 23.4 Å². The topological polar surface area (TPSA) is 72.5 Å².